The van der Waals surface area contributed by atoms with Gasteiger partial charge in [0.15, 0.2) is 5.79 Å². The summed E-state index contributed by atoms with van der Waals surface area (Å²) >= 11 is 12.0. The number of carbonyl (C=O) groups excluding carboxylic acids is 1. The topological polar surface area (TPSA) is 90.9 Å². The van der Waals surface area contributed by atoms with Crippen LogP contribution in [0.1, 0.15) is 19.8 Å². The van der Waals surface area contributed by atoms with Crippen molar-refractivity contribution in [1.29, 1.82) is 0 Å². The molecule has 1 N–H and O–H groups in total. The fraction of sp³-hybridized carbons (Fsp3) is 0.471. The Morgan fingerprint density at radius 3 is 2.70 bits per heavy atom. The molecule has 1 aliphatic carbocycles. The lowest BCUT2D eigenvalue weighted by molar-refractivity contribution is -0.143. The van der Waals surface area contributed by atoms with Gasteiger partial charge in [0.05, 0.1) is 41.1 Å². The van der Waals surface area contributed by atoms with Crippen molar-refractivity contribution in [1.82, 2.24) is 0 Å². The van der Waals surface area contributed by atoms with E-state index in [9.17, 15) is 13.2 Å². The van der Waals surface area contributed by atoms with Gasteiger partial charge in [-0.1, -0.05) is 29.3 Å². The molecule has 0 radical (unpaired) electrons. The van der Waals surface area contributed by atoms with Gasteiger partial charge in [-0.05, 0) is 31.6 Å². The van der Waals surface area contributed by atoms with E-state index in [0.717, 1.165) is 0 Å². The summed E-state index contributed by atoms with van der Waals surface area (Å²) in [5.41, 5.74) is 0.122. The van der Waals surface area contributed by atoms with Gasteiger partial charge in [-0.15, -0.1) is 0 Å². The number of ether oxygens (including phenoxy) is 3. The van der Waals surface area contributed by atoms with Gasteiger partial charge in [-0.25, -0.2) is 13.2 Å². The normalized spacial score (nSPS) is 21.7. The molecule has 3 rings (SSSR count). The van der Waals surface area contributed by atoms with Crippen LogP contribution in [0.2, 0.25) is 10.0 Å². The number of benzene rings is 1. The molecule has 0 aromatic heterocycles. The van der Waals surface area contributed by atoms with Gasteiger partial charge in [0.25, 0.3) is 0 Å². The number of hydrogen-bond acceptors (Lipinski definition) is 6. The van der Waals surface area contributed by atoms with E-state index in [1.54, 1.807) is 19.1 Å². The van der Waals surface area contributed by atoms with E-state index in [1.165, 1.54) is 12.1 Å². The first-order valence-corrected chi connectivity index (χ1v) is 10.7. The molecule has 1 saturated heterocycles. The summed E-state index contributed by atoms with van der Waals surface area (Å²) in [7, 11) is -4.01. The molecule has 1 aliphatic heterocycles. The third kappa shape index (κ3) is 4.25. The Kier molecular flexibility index (Phi) is 6.02. The summed E-state index contributed by atoms with van der Waals surface area (Å²) in [6.07, 6.45) is 1.84. The fourth-order valence-electron chi connectivity index (χ4n) is 3.12. The quantitative estimate of drug-likeness (QED) is 0.714. The van der Waals surface area contributed by atoms with Crippen LogP contribution in [0.25, 0.3) is 0 Å². The molecule has 148 valence electrons. The number of anilines is 1. The monoisotopic (exact) mass is 435 g/mol. The van der Waals surface area contributed by atoms with Crippen LogP contribution in [0, 0.1) is 0 Å². The second-order valence-corrected chi connectivity index (χ2v) is 8.75. The molecular formula is C17H19Cl2NO6S. The SMILES string of the molecule is CCOC(=O)C1=CC2(CCC1S(=O)(=O)Nc1cccc(Cl)c1Cl)OCCO2. The zero-order valence-corrected chi connectivity index (χ0v) is 16.9. The van der Waals surface area contributed by atoms with E-state index in [2.05, 4.69) is 4.72 Å². The first kappa shape index (κ1) is 20.4. The summed E-state index contributed by atoms with van der Waals surface area (Å²) in [5, 5.41) is -0.836. The number of carbonyl (C=O) groups is 1. The van der Waals surface area contributed by atoms with Gasteiger partial charge in [-0.2, -0.15) is 0 Å². The van der Waals surface area contributed by atoms with E-state index in [1.807, 2.05) is 0 Å². The lowest BCUT2D eigenvalue weighted by Gasteiger charge is -2.33. The molecule has 1 heterocycles. The second kappa shape index (κ2) is 7.97. The highest BCUT2D eigenvalue weighted by Gasteiger charge is 2.46. The molecule has 2 aliphatic rings. The minimum atomic E-state index is -4.01. The average Bonchev–Trinajstić information content (AvgIpc) is 3.06. The van der Waals surface area contributed by atoms with Crippen molar-refractivity contribution in [2.75, 3.05) is 24.5 Å². The maximum absolute atomic E-state index is 13.0. The van der Waals surface area contributed by atoms with Crippen molar-refractivity contribution in [3.05, 3.63) is 39.9 Å². The molecule has 27 heavy (non-hydrogen) atoms. The third-order valence-corrected chi connectivity index (χ3v) is 6.90. The summed E-state index contributed by atoms with van der Waals surface area (Å²) in [6.45, 7) is 2.51. The van der Waals surface area contributed by atoms with Gasteiger partial charge < -0.3 is 14.2 Å². The highest BCUT2D eigenvalue weighted by atomic mass is 35.5. The zero-order valence-electron chi connectivity index (χ0n) is 14.5. The molecular weight excluding hydrogens is 417 g/mol. The van der Waals surface area contributed by atoms with Crippen LogP contribution < -0.4 is 4.72 Å². The Morgan fingerprint density at radius 2 is 2.04 bits per heavy atom. The van der Waals surface area contributed by atoms with E-state index in [4.69, 9.17) is 37.4 Å². The maximum atomic E-state index is 13.0. The van der Waals surface area contributed by atoms with Gasteiger partial charge in [0, 0.05) is 6.42 Å². The van der Waals surface area contributed by atoms with Crippen molar-refractivity contribution in [3.63, 3.8) is 0 Å². The lowest BCUT2D eigenvalue weighted by Crippen LogP contribution is -2.42. The van der Waals surface area contributed by atoms with Crippen LogP contribution in [0.3, 0.4) is 0 Å². The minimum absolute atomic E-state index is 0.0179. The van der Waals surface area contributed by atoms with Gasteiger partial charge >= 0.3 is 5.97 Å². The highest BCUT2D eigenvalue weighted by molar-refractivity contribution is 7.93. The Labute approximate surface area is 167 Å². The van der Waals surface area contributed by atoms with Crippen molar-refractivity contribution in [2.24, 2.45) is 0 Å². The zero-order chi connectivity index (χ0) is 19.7. The van der Waals surface area contributed by atoms with Gasteiger partial charge in [0.2, 0.25) is 10.0 Å². The Hall–Kier alpha value is -1.32. The fourth-order valence-corrected chi connectivity index (χ4v) is 5.07. The molecule has 0 amide bonds. The Morgan fingerprint density at radius 1 is 1.33 bits per heavy atom. The average molecular weight is 436 g/mol. The Balaban J connectivity index is 1.95. The van der Waals surface area contributed by atoms with E-state index >= 15 is 0 Å². The number of hydrogen-bond donors (Lipinski definition) is 1. The second-order valence-electron chi connectivity index (χ2n) is 6.10. The van der Waals surface area contributed by atoms with Crippen molar-refractivity contribution in [3.8, 4) is 0 Å². The lowest BCUT2D eigenvalue weighted by atomic mass is 9.94. The first-order chi connectivity index (χ1) is 12.8. The van der Waals surface area contributed by atoms with Gasteiger partial charge in [0.1, 0.15) is 5.25 Å². The van der Waals surface area contributed by atoms with Crippen LogP contribution in [0.5, 0.6) is 0 Å². The molecule has 0 bridgehead atoms. The minimum Gasteiger partial charge on any atom is -0.463 e. The van der Waals surface area contributed by atoms with E-state index in [-0.39, 0.29) is 34.3 Å². The predicted octanol–water partition coefficient (Wildman–Crippen LogP) is 3.13. The van der Waals surface area contributed by atoms with E-state index in [0.29, 0.717) is 19.6 Å². The smallest absolute Gasteiger partial charge is 0.335 e. The number of sulfonamides is 1. The van der Waals surface area contributed by atoms with Crippen LogP contribution in [0.4, 0.5) is 5.69 Å². The van der Waals surface area contributed by atoms with Gasteiger partial charge in [-0.3, -0.25) is 4.72 Å². The number of rotatable bonds is 5. The summed E-state index contributed by atoms with van der Waals surface area (Å²) in [4.78, 5) is 12.4. The Bertz CT molecular complexity index is 864. The molecule has 1 atom stereocenters. The molecule has 1 aromatic rings. The number of halogens is 2. The summed E-state index contributed by atoms with van der Waals surface area (Å²) in [5.74, 6) is -1.80. The highest BCUT2D eigenvalue weighted by Crippen LogP contribution is 2.38. The number of nitrogens with one attached hydrogen (secondary N) is 1. The molecule has 7 nitrogen and oxygen atoms in total. The largest absolute Gasteiger partial charge is 0.463 e. The summed E-state index contributed by atoms with van der Waals surface area (Å²) < 4.78 is 44.7. The standard InChI is InChI=1S/C17H19Cl2NO6S/c1-2-24-16(21)11-10-17(25-8-9-26-17)7-6-14(11)27(22,23)20-13-5-3-4-12(18)15(13)19/h3-5,10,14,20H,2,6-9H2,1H3. The van der Waals surface area contributed by atoms with E-state index < -0.39 is 27.0 Å². The van der Waals surface area contributed by atoms with Crippen LogP contribution >= 0.6 is 23.2 Å². The van der Waals surface area contributed by atoms with Crippen molar-refractivity contribution < 1.29 is 27.4 Å². The maximum Gasteiger partial charge on any atom is 0.335 e. The van der Waals surface area contributed by atoms with Crippen LogP contribution in [-0.4, -0.2) is 45.2 Å². The molecule has 1 unspecified atom stereocenters. The molecule has 0 saturated carbocycles. The predicted molar refractivity (Wildman–Crippen MR) is 101 cm³/mol. The first-order valence-electron chi connectivity index (χ1n) is 8.41. The molecule has 1 aromatic carbocycles. The molecule has 1 spiro atoms. The van der Waals surface area contributed by atoms with Crippen LogP contribution in [-0.2, 0) is 29.0 Å². The molecule has 1 fully saturated rings. The van der Waals surface area contributed by atoms with Crippen molar-refractivity contribution >= 4 is 44.9 Å². The van der Waals surface area contributed by atoms with Crippen molar-refractivity contribution in [2.45, 2.75) is 30.8 Å². The third-order valence-electron chi connectivity index (χ3n) is 4.34. The summed E-state index contributed by atoms with van der Waals surface area (Å²) in [6, 6.07) is 4.61. The molecule has 10 heteroatoms. The number of esters is 1. The van der Waals surface area contributed by atoms with Crippen LogP contribution in [0.15, 0.2) is 29.8 Å².